The van der Waals surface area contributed by atoms with E-state index in [2.05, 4.69) is 10.3 Å². The summed E-state index contributed by atoms with van der Waals surface area (Å²) < 4.78 is 5.07. The fraction of sp³-hybridized carbons (Fsp3) is 0.417. The largest absolute Gasteiger partial charge is 0.508 e. The Kier molecular flexibility index (Phi) is 7.49. The second kappa shape index (κ2) is 8.02. The number of nitrogens with two attached hydrogens (primary N) is 1. The normalized spacial score (nSPS) is 11.0. The number of nitrogens with zero attached hydrogens (tertiary/aromatic N) is 1. The molecule has 18 heavy (non-hydrogen) atoms. The highest BCUT2D eigenvalue weighted by atomic mass is 127. The number of methoxy groups -OCH3 is 1. The number of rotatable bonds is 4. The van der Waals surface area contributed by atoms with Crippen molar-refractivity contribution in [1.29, 1.82) is 0 Å². The van der Waals surface area contributed by atoms with Gasteiger partial charge in [0.2, 0.25) is 0 Å². The first-order valence-corrected chi connectivity index (χ1v) is 5.45. The van der Waals surface area contributed by atoms with E-state index in [1.807, 2.05) is 13.8 Å². The standard InChI is InChI=1S/C12H19N3O2.HI/c1-8(2)15-12(13)14-7-9-6-10(17-3)4-5-11(9)16;/h4-6,8,16H,7H2,1-3H3,(H3,13,14,15);1H. The fourth-order valence-electron chi connectivity index (χ4n) is 1.33. The van der Waals surface area contributed by atoms with Gasteiger partial charge in [0.15, 0.2) is 5.96 Å². The SMILES string of the molecule is COc1ccc(O)c(CN=C(N)NC(C)C)c1.I. The molecule has 0 heterocycles. The lowest BCUT2D eigenvalue weighted by Crippen LogP contribution is -2.36. The number of halogens is 1. The van der Waals surface area contributed by atoms with Gasteiger partial charge in [0.25, 0.3) is 0 Å². The third-order valence-corrected chi connectivity index (χ3v) is 2.14. The van der Waals surface area contributed by atoms with Crippen LogP contribution in [-0.2, 0) is 6.54 Å². The Morgan fingerprint density at radius 1 is 1.50 bits per heavy atom. The number of hydrogen-bond donors (Lipinski definition) is 3. The van der Waals surface area contributed by atoms with Crippen LogP contribution in [0.1, 0.15) is 19.4 Å². The van der Waals surface area contributed by atoms with Crippen LogP contribution in [0.15, 0.2) is 23.2 Å². The molecule has 1 aromatic carbocycles. The van der Waals surface area contributed by atoms with Crippen molar-refractivity contribution >= 4 is 29.9 Å². The van der Waals surface area contributed by atoms with Crippen molar-refractivity contribution in [3.05, 3.63) is 23.8 Å². The zero-order valence-electron chi connectivity index (χ0n) is 10.8. The number of ether oxygens (including phenoxy) is 1. The average molecular weight is 365 g/mol. The van der Waals surface area contributed by atoms with Crippen molar-refractivity contribution in [2.75, 3.05) is 7.11 Å². The van der Waals surface area contributed by atoms with Crippen LogP contribution < -0.4 is 15.8 Å². The van der Waals surface area contributed by atoms with Gasteiger partial charge in [-0.3, -0.25) is 0 Å². The number of nitrogens with one attached hydrogen (secondary N) is 1. The van der Waals surface area contributed by atoms with E-state index in [4.69, 9.17) is 10.5 Å². The lowest BCUT2D eigenvalue weighted by atomic mass is 10.2. The molecule has 0 unspecified atom stereocenters. The molecule has 4 N–H and O–H groups in total. The number of hydrogen-bond acceptors (Lipinski definition) is 3. The van der Waals surface area contributed by atoms with E-state index in [0.29, 0.717) is 23.8 Å². The molecule has 5 nitrogen and oxygen atoms in total. The molecular formula is C12H20IN3O2. The van der Waals surface area contributed by atoms with Gasteiger partial charge in [0.1, 0.15) is 11.5 Å². The van der Waals surface area contributed by atoms with Crippen LogP contribution >= 0.6 is 24.0 Å². The number of benzene rings is 1. The molecule has 0 aliphatic carbocycles. The molecule has 0 atom stereocenters. The minimum atomic E-state index is 0. The number of phenols is 1. The summed E-state index contributed by atoms with van der Waals surface area (Å²) in [7, 11) is 1.58. The Balaban J connectivity index is 0.00000289. The Hall–Kier alpha value is -1.18. The second-order valence-electron chi connectivity index (χ2n) is 4.00. The van der Waals surface area contributed by atoms with Crippen molar-refractivity contribution in [2.24, 2.45) is 10.7 Å². The van der Waals surface area contributed by atoms with Gasteiger partial charge < -0.3 is 20.9 Å². The maximum absolute atomic E-state index is 9.64. The van der Waals surface area contributed by atoms with Crippen molar-refractivity contribution in [1.82, 2.24) is 5.32 Å². The van der Waals surface area contributed by atoms with E-state index in [9.17, 15) is 5.11 Å². The molecule has 0 aliphatic rings. The van der Waals surface area contributed by atoms with Gasteiger partial charge in [0, 0.05) is 11.6 Å². The van der Waals surface area contributed by atoms with Crippen LogP contribution in [0.4, 0.5) is 0 Å². The summed E-state index contributed by atoms with van der Waals surface area (Å²) in [5.41, 5.74) is 6.35. The van der Waals surface area contributed by atoms with Crippen molar-refractivity contribution in [3.8, 4) is 11.5 Å². The van der Waals surface area contributed by atoms with Gasteiger partial charge in [-0.2, -0.15) is 0 Å². The molecule has 0 aromatic heterocycles. The topological polar surface area (TPSA) is 79.9 Å². The molecule has 0 aliphatic heterocycles. The summed E-state index contributed by atoms with van der Waals surface area (Å²) in [6.07, 6.45) is 0. The molecule has 0 saturated heterocycles. The lowest BCUT2D eigenvalue weighted by Gasteiger charge is -2.09. The van der Waals surface area contributed by atoms with Crippen molar-refractivity contribution in [2.45, 2.75) is 26.4 Å². The van der Waals surface area contributed by atoms with E-state index in [-0.39, 0.29) is 35.8 Å². The highest BCUT2D eigenvalue weighted by molar-refractivity contribution is 14.0. The number of guanidine groups is 1. The third-order valence-electron chi connectivity index (χ3n) is 2.14. The Bertz CT molecular complexity index is 408. The number of aromatic hydroxyl groups is 1. The van der Waals surface area contributed by atoms with Crippen LogP contribution in [0, 0.1) is 0 Å². The number of aliphatic imine (C=N–C) groups is 1. The van der Waals surface area contributed by atoms with Gasteiger partial charge in [-0.25, -0.2) is 4.99 Å². The maximum Gasteiger partial charge on any atom is 0.189 e. The second-order valence-corrected chi connectivity index (χ2v) is 4.00. The molecule has 1 aromatic rings. The van der Waals surface area contributed by atoms with Gasteiger partial charge in [0.05, 0.1) is 13.7 Å². The zero-order chi connectivity index (χ0) is 12.8. The Morgan fingerprint density at radius 3 is 2.72 bits per heavy atom. The monoisotopic (exact) mass is 365 g/mol. The van der Waals surface area contributed by atoms with Gasteiger partial charge in [-0.1, -0.05) is 0 Å². The molecule has 6 heteroatoms. The van der Waals surface area contributed by atoms with E-state index in [1.165, 1.54) is 0 Å². The van der Waals surface area contributed by atoms with Crippen LogP contribution in [-0.4, -0.2) is 24.2 Å². The van der Waals surface area contributed by atoms with Crippen LogP contribution in [0.3, 0.4) is 0 Å². The molecule has 0 radical (unpaired) electrons. The van der Waals surface area contributed by atoms with Crippen molar-refractivity contribution in [3.63, 3.8) is 0 Å². The summed E-state index contributed by atoms with van der Waals surface area (Å²) in [6, 6.07) is 5.24. The maximum atomic E-state index is 9.64. The predicted molar refractivity (Wildman–Crippen MR) is 83.7 cm³/mol. The summed E-state index contributed by atoms with van der Waals surface area (Å²) in [5.74, 6) is 1.23. The Morgan fingerprint density at radius 2 is 2.17 bits per heavy atom. The molecule has 0 fully saturated rings. The zero-order valence-corrected chi connectivity index (χ0v) is 13.1. The molecule has 0 bridgehead atoms. The van der Waals surface area contributed by atoms with Crippen LogP contribution in [0.5, 0.6) is 11.5 Å². The summed E-state index contributed by atoms with van der Waals surface area (Å²) in [6.45, 7) is 4.27. The van der Waals surface area contributed by atoms with Gasteiger partial charge >= 0.3 is 0 Å². The summed E-state index contributed by atoms with van der Waals surface area (Å²) in [5, 5.41) is 12.6. The highest BCUT2D eigenvalue weighted by Gasteiger charge is 2.03. The highest BCUT2D eigenvalue weighted by Crippen LogP contribution is 2.23. The third kappa shape index (κ3) is 5.44. The predicted octanol–water partition coefficient (Wildman–Crippen LogP) is 1.83. The smallest absolute Gasteiger partial charge is 0.189 e. The lowest BCUT2D eigenvalue weighted by molar-refractivity contribution is 0.411. The first-order valence-electron chi connectivity index (χ1n) is 5.45. The van der Waals surface area contributed by atoms with Crippen molar-refractivity contribution < 1.29 is 9.84 Å². The minimum Gasteiger partial charge on any atom is -0.508 e. The number of phenolic OH excluding ortho intramolecular Hbond substituents is 1. The summed E-state index contributed by atoms with van der Waals surface area (Å²) in [4.78, 5) is 4.14. The molecule has 0 amide bonds. The van der Waals surface area contributed by atoms with Gasteiger partial charge in [-0.15, -0.1) is 24.0 Å². The molecule has 0 saturated carbocycles. The fourth-order valence-corrected chi connectivity index (χ4v) is 1.33. The van der Waals surface area contributed by atoms with E-state index < -0.39 is 0 Å². The molecular weight excluding hydrogens is 345 g/mol. The minimum absolute atomic E-state index is 0. The van der Waals surface area contributed by atoms with E-state index in [1.54, 1.807) is 25.3 Å². The Labute approximate surface area is 124 Å². The average Bonchev–Trinajstić information content (AvgIpc) is 2.27. The first-order chi connectivity index (χ1) is 8.02. The molecule has 102 valence electrons. The van der Waals surface area contributed by atoms with Crippen LogP contribution in [0.2, 0.25) is 0 Å². The van der Waals surface area contributed by atoms with Gasteiger partial charge in [-0.05, 0) is 32.0 Å². The first kappa shape index (κ1) is 16.8. The molecule has 1 rings (SSSR count). The van der Waals surface area contributed by atoms with Crippen LogP contribution in [0.25, 0.3) is 0 Å². The summed E-state index contributed by atoms with van der Waals surface area (Å²) >= 11 is 0. The van der Waals surface area contributed by atoms with E-state index in [0.717, 1.165) is 0 Å². The molecule has 0 spiro atoms. The quantitative estimate of drug-likeness (QED) is 0.432. The van der Waals surface area contributed by atoms with E-state index >= 15 is 0 Å².